The molecule has 138 valence electrons. The molecule has 1 fully saturated rings. The highest BCUT2D eigenvalue weighted by Gasteiger charge is 2.19. The third kappa shape index (κ3) is 4.37. The summed E-state index contributed by atoms with van der Waals surface area (Å²) in [5.74, 6) is 1.67. The molecular weight excluding hydrogens is 334 g/mol. The van der Waals surface area contributed by atoms with Crippen molar-refractivity contribution >= 4 is 17.5 Å². The maximum Gasteiger partial charge on any atom is 0.227 e. The Balaban J connectivity index is 1.37. The van der Waals surface area contributed by atoms with Crippen LogP contribution in [-0.4, -0.2) is 36.1 Å². The summed E-state index contributed by atoms with van der Waals surface area (Å²) < 4.78 is 0. The molecule has 0 spiro atoms. The number of aryl methyl sites for hydroxylation is 1. The average molecular weight is 359 g/mol. The second-order valence-corrected chi connectivity index (χ2v) is 6.89. The maximum atomic E-state index is 4.71. The smallest absolute Gasteiger partial charge is 0.227 e. The Morgan fingerprint density at radius 1 is 0.889 bits per heavy atom. The summed E-state index contributed by atoms with van der Waals surface area (Å²) in [4.78, 5) is 13.9. The first-order chi connectivity index (χ1) is 13.3. The Morgan fingerprint density at radius 3 is 2.44 bits per heavy atom. The molecule has 1 aliphatic heterocycles. The molecule has 1 aromatic heterocycles. The first-order valence-corrected chi connectivity index (χ1v) is 9.45. The van der Waals surface area contributed by atoms with Gasteiger partial charge in [0.1, 0.15) is 5.82 Å². The van der Waals surface area contributed by atoms with Crippen LogP contribution in [0.2, 0.25) is 0 Å². The zero-order chi connectivity index (χ0) is 18.5. The molecule has 0 unspecified atom stereocenters. The van der Waals surface area contributed by atoms with Crippen molar-refractivity contribution in [3.8, 4) is 0 Å². The molecule has 27 heavy (non-hydrogen) atoms. The lowest BCUT2D eigenvalue weighted by Crippen LogP contribution is -2.47. The molecule has 1 N–H and O–H groups in total. The molecule has 5 heteroatoms. The molecule has 3 aromatic rings. The highest BCUT2D eigenvalue weighted by atomic mass is 15.3. The predicted octanol–water partition coefficient (Wildman–Crippen LogP) is 3.72. The molecule has 0 saturated carbocycles. The van der Waals surface area contributed by atoms with Crippen molar-refractivity contribution in [2.45, 2.75) is 13.5 Å². The van der Waals surface area contributed by atoms with E-state index in [0.29, 0.717) is 0 Å². The lowest BCUT2D eigenvalue weighted by molar-refractivity contribution is 0.640. The van der Waals surface area contributed by atoms with Crippen LogP contribution < -0.4 is 15.1 Å². The third-order valence-corrected chi connectivity index (χ3v) is 4.89. The van der Waals surface area contributed by atoms with Gasteiger partial charge < -0.3 is 15.1 Å². The Hall–Kier alpha value is -3.08. The summed E-state index contributed by atoms with van der Waals surface area (Å²) in [6, 6.07) is 21.0. The fraction of sp³-hybridized carbons (Fsp3) is 0.273. The fourth-order valence-corrected chi connectivity index (χ4v) is 3.38. The second-order valence-electron chi connectivity index (χ2n) is 6.89. The van der Waals surface area contributed by atoms with Crippen LogP contribution >= 0.6 is 0 Å². The molecule has 0 radical (unpaired) electrons. The second kappa shape index (κ2) is 8.08. The van der Waals surface area contributed by atoms with Gasteiger partial charge >= 0.3 is 0 Å². The zero-order valence-electron chi connectivity index (χ0n) is 15.7. The van der Waals surface area contributed by atoms with Gasteiger partial charge in [-0.2, -0.15) is 4.98 Å². The topological polar surface area (TPSA) is 44.3 Å². The molecule has 0 bridgehead atoms. The van der Waals surface area contributed by atoms with Gasteiger partial charge in [-0.15, -0.1) is 0 Å². The maximum absolute atomic E-state index is 4.71. The largest absolute Gasteiger partial charge is 0.368 e. The Morgan fingerprint density at radius 2 is 1.67 bits per heavy atom. The third-order valence-electron chi connectivity index (χ3n) is 4.89. The first kappa shape index (κ1) is 17.3. The van der Waals surface area contributed by atoms with Crippen molar-refractivity contribution in [2.75, 3.05) is 41.3 Å². The van der Waals surface area contributed by atoms with E-state index in [0.717, 1.165) is 44.5 Å². The van der Waals surface area contributed by atoms with Crippen molar-refractivity contribution < 1.29 is 0 Å². The van der Waals surface area contributed by atoms with Gasteiger partial charge in [0.2, 0.25) is 5.95 Å². The molecule has 0 aliphatic carbocycles. The predicted molar refractivity (Wildman–Crippen MR) is 111 cm³/mol. The standard InChI is InChI=1S/C22H25N5/c1-18-6-5-9-20(16-18)26-12-14-27(15-13-26)22-23-11-10-21(25-22)24-17-19-7-3-2-4-8-19/h2-11,16H,12-15,17H2,1H3,(H,23,24,25). The summed E-state index contributed by atoms with van der Waals surface area (Å²) >= 11 is 0. The van der Waals surface area contributed by atoms with Gasteiger partial charge in [0.15, 0.2) is 0 Å². The van der Waals surface area contributed by atoms with E-state index in [1.807, 2.05) is 18.3 Å². The highest BCUT2D eigenvalue weighted by molar-refractivity contribution is 5.50. The van der Waals surface area contributed by atoms with E-state index >= 15 is 0 Å². The van der Waals surface area contributed by atoms with E-state index in [9.17, 15) is 0 Å². The van der Waals surface area contributed by atoms with Gasteiger partial charge in [0.25, 0.3) is 0 Å². The van der Waals surface area contributed by atoms with Crippen LogP contribution in [0.4, 0.5) is 17.5 Å². The van der Waals surface area contributed by atoms with E-state index in [1.165, 1.54) is 16.8 Å². The van der Waals surface area contributed by atoms with Crippen LogP contribution in [0.3, 0.4) is 0 Å². The van der Waals surface area contributed by atoms with Gasteiger partial charge in [-0.1, -0.05) is 42.5 Å². The van der Waals surface area contributed by atoms with Crippen LogP contribution in [0.1, 0.15) is 11.1 Å². The van der Waals surface area contributed by atoms with Crippen LogP contribution in [0.5, 0.6) is 0 Å². The lowest BCUT2D eigenvalue weighted by Gasteiger charge is -2.36. The van der Waals surface area contributed by atoms with Crippen molar-refractivity contribution in [3.05, 3.63) is 78.0 Å². The summed E-state index contributed by atoms with van der Waals surface area (Å²) in [5.41, 5.74) is 3.84. The zero-order valence-corrected chi connectivity index (χ0v) is 15.7. The molecular formula is C22H25N5. The number of nitrogens with zero attached hydrogens (tertiary/aromatic N) is 4. The summed E-state index contributed by atoms with van der Waals surface area (Å²) in [6.45, 7) is 6.72. The minimum atomic E-state index is 0.762. The van der Waals surface area contributed by atoms with E-state index in [4.69, 9.17) is 4.98 Å². The number of hydrogen-bond donors (Lipinski definition) is 1. The highest BCUT2D eigenvalue weighted by Crippen LogP contribution is 2.20. The molecule has 5 nitrogen and oxygen atoms in total. The molecule has 1 saturated heterocycles. The Labute approximate surface area is 160 Å². The van der Waals surface area contributed by atoms with Crippen molar-refractivity contribution in [1.29, 1.82) is 0 Å². The average Bonchev–Trinajstić information content (AvgIpc) is 2.73. The fourth-order valence-electron chi connectivity index (χ4n) is 3.38. The van der Waals surface area contributed by atoms with Gasteiger partial charge in [-0.3, -0.25) is 0 Å². The monoisotopic (exact) mass is 359 g/mol. The van der Waals surface area contributed by atoms with Gasteiger partial charge in [0.05, 0.1) is 0 Å². The number of hydrogen-bond acceptors (Lipinski definition) is 5. The van der Waals surface area contributed by atoms with E-state index in [-0.39, 0.29) is 0 Å². The minimum Gasteiger partial charge on any atom is -0.368 e. The van der Waals surface area contributed by atoms with E-state index in [1.54, 1.807) is 0 Å². The van der Waals surface area contributed by atoms with Gasteiger partial charge in [-0.05, 0) is 36.2 Å². The Kier molecular flexibility index (Phi) is 5.19. The van der Waals surface area contributed by atoms with Crippen molar-refractivity contribution in [3.63, 3.8) is 0 Å². The molecule has 2 heterocycles. The van der Waals surface area contributed by atoms with Crippen molar-refractivity contribution in [2.24, 2.45) is 0 Å². The van der Waals surface area contributed by atoms with Gasteiger partial charge in [-0.25, -0.2) is 4.98 Å². The first-order valence-electron chi connectivity index (χ1n) is 9.45. The summed E-state index contributed by atoms with van der Waals surface area (Å²) in [5, 5.41) is 3.39. The molecule has 2 aromatic carbocycles. The number of rotatable bonds is 5. The summed E-state index contributed by atoms with van der Waals surface area (Å²) in [6.07, 6.45) is 1.84. The summed E-state index contributed by atoms with van der Waals surface area (Å²) in [7, 11) is 0. The SMILES string of the molecule is Cc1cccc(N2CCN(c3nccc(NCc4ccccc4)n3)CC2)c1. The van der Waals surface area contributed by atoms with E-state index in [2.05, 4.69) is 75.6 Å². The number of nitrogens with one attached hydrogen (secondary N) is 1. The normalized spacial score (nSPS) is 14.3. The van der Waals surface area contributed by atoms with Crippen LogP contribution in [0.15, 0.2) is 66.9 Å². The van der Waals surface area contributed by atoms with Crippen LogP contribution in [-0.2, 0) is 6.54 Å². The van der Waals surface area contributed by atoms with Crippen molar-refractivity contribution in [1.82, 2.24) is 9.97 Å². The Bertz CT molecular complexity index is 873. The molecule has 1 aliphatic rings. The quantitative estimate of drug-likeness (QED) is 0.752. The lowest BCUT2D eigenvalue weighted by atomic mass is 10.2. The van der Waals surface area contributed by atoms with Crippen LogP contribution in [0.25, 0.3) is 0 Å². The number of benzene rings is 2. The van der Waals surface area contributed by atoms with Crippen LogP contribution in [0, 0.1) is 6.92 Å². The molecule has 0 amide bonds. The number of anilines is 3. The minimum absolute atomic E-state index is 0.762. The van der Waals surface area contributed by atoms with Gasteiger partial charge in [0, 0.05) is 44.6 Å². The number of aromatic nitrogens is 2. The number of piperazine rings is 1. The molecule has 4 rings (SSSR count). The van der Waals surface area contributed by atoms with E-state index < -0.39 is 0 Å². The molecule has 0 atom stereocenters.